The van der Waals surface area contributed by atoms with E-state index in [2.05, 4.69) is 16.7 Å². The summed E-state index contributed by atoms with van der Waals surface area (Å²) in [7, 11) is 1.67. The number of ether oxygens (including phenoxy) is 2. The van der Waals surface area contributed by atoms with E-state index in [1.807, 2.05) is 23.1 Å². The molecule has 4 rings (SSSR count). The molecule has 2 N–H and O–H groups in total. The Balaban J connectivity index is 1.40. The second kappa shape index (κ2) is 11.4. The van der Waals surface area contributed by atoms with Gasteiger partial charge in [0.25, 0.3) is 5.91 Å². The van der Waals surface area contributed by atoms with Gasteiger partial charge in [0.15, 0.2) is 12.4 Å². The standard InChI is InChI=1S/C26H32N4O6/c1-35-22-8-4-2-6-20(22)19-10-16-29(17-11-19)25(32)26(12-14-27-15-13-26)28-24(31)18-36-23-9-5-3-7-21(23)30(33)34/h2-9,19,27H,10-18H2,1H3,(H,28,31). The van der Waals surface area contributed by atoms with E-state index in [4.69, 9.17) is 9.47 Å². The first-order valence-corrected chi connectivity index (χ1v) is 12.2. The maximum absolute atomic E-state index is 13.7. The highest BCUT2D eigenvalue weighted by Crippen LogP contribution is 2.35. The van der Waals surface area contributed by atoms with Crippen LogP contribution in [0.15, 0.2) is 48.5 Å². The zero-order valence-corrected chi connectivity index (χ0v) is 20.4. The minimum absolute atomic E-state index is 0.0155. The molecule has 10 heteroatoms. The van der Waals surface area contributed by atoms with Crippen molar-refractivity contribution in [1.82, 2.24) is 15.5 Å². The fraction of sp³-hybridized carbons (Fsp3) is 0.462. The average Bonchev–Trinajstić information content (AvgIpc) is 2.92. The maximum atomic E-state index is 13.7. The van der Waals surface area contributed by atoms with Gasteiger partial charge in [0.05, 0.1) is 12.0 Å². The molecule has 0 radical (unpaired) electrons. The fourth-order valence-electron chi connectivity index (χ4n) is 5.12. The number of piperidine rings is 2. The van der Waals surface area contributed by atoms with Crippen molar-refractivity contribution in [2.75, 3.05) is 39.9 Å². The van der Waals surface area contributed by atoms with Crippen molar-refractivity contribution >= 4 is 17.5 Å². The lowest BCUT2D eigenvalue weighted by Gasteiger charge is -2.42. The average molecular weight is 497 g/mol. The summed E-state index contributed by atoms with van der Waals surface area (Å²) in [6.45, 7) is 1.99. The maximum Gasteiger partial charge on any atom is 0.310 e. The van der Waals surface area contributed by atoms with Crippen LogP contribution in [0.1, 0.15) is 37.2 Å². The number of nitro groups is 1. The normalized spacial score (nSPS) is 17.8. The van der Waals surface area contributed by atoms with Crippen molar-refractivity contribution in [3.8, 4) is 11.5 Å². The first-order valence-electron chi connectivity index (χ1n) is 12.2. The molecule has 2 aromatic carbocycles. The lowest BCUT2D eigenvalue weighted by atomic mass is 9.84. The van der Waals surface area contributed by atoms with E-state index in [1.165, 1.54) is 18.2 Å². The molecule has 2 aliphatic heterocycles. The lowest BCUT2D eigenvalue weighted by molar-refractivity contribution is -0.385. The number of amides is 2. The number of likely N-dealkylation sites (tertiary alicyclic amines) is 1. The summed E-state index contributed by atoms with van der Waals surface area (Å²) >= 11 is 0. The topological polar surface area (TPSA) is 123 Å². The molecule has 2 aliphatic rings. The third kappa shape index (κ3) is 5.59. The van der Waals surface area contributed by atoms with E-state index < -0.39 is 23.0 Å². The summed E-state index contributed by atoms with van der Waals surface area (Å²) in [6.07, 6.45) is 2.56. The van der Waals surface area contributed by atoms with Crippen LogP contribution in [0.25, 0.3) is 0 Å². The number of nitro benzene ring substituents is 1. The van der Waals surface area contributed by atoms with Crippen molar-refractivity contribution in [1.29, 1.82) is 0 Å². The monoisotopic (exact) mass is 496 g/mol. The summed E-state index contributed by atoms with van der Waals surface area (Å²) in [4.78, 5) is 39.1. The number of hydrogen-bond donors (Lipinski definition) is 2. The van der Waals surface area contributed by atoms with Crippen LogP contribution in [0.5, 0.6) is 11.5 Å². The van der Waals surface area contributed by atoms with Crippen LogP contribution < -0.4 is 20.1 Å². The van der Waals surface area contributed by atoms with Crippen molar-refractivity contribution < 1.29 is 24.0 Å². The van der Waals surface area contributed by atoms with Crippen molar-refractivity contribution in [2.24, 2.45) is 0 Å². The van der Waals surface area contributed by atoms with Gasteiger partial charge in [-0.05, 0) is 62.4 Å². The minimum atomic E-state index is -1.02. The van der Waals surface area contributed by atoms with Gasteiger partial charge in [-0.15, -0.1) is 0 Å². The largest absolute Gasteiger partial charge is 0.496 e. The van der Waals surface area contributed by atoms with Gasteiger partial charge in [-0.1, -0.05) is 30.3 Å². The molecule has 0 aliphatic carbocycles. The highest BCUT2D eigenvalue weighted by molar-refractivity contribution is 5.92. The number of rotatable bonds is 8. The Morgan fingerprint density at radius 1 is 1.08 bits per heavy atom. The highest BCUT2D eigenvalue weighted by Gasteiger charge is 2.44. The van der Waals surface area contributed by atoms with Gasteiger partial charge in [0.1, 0.15) is 11.3 Å². The van der Waals surface area contributed by atoms with Gasteiger partial charge in [0.2, 0.25) is 5.91 Å². The SMILES string of the molecule is COc1ccccc1C1CCN(C(=O)C2(NC(=O)COc3ccccc3[N+](=O)[O-])CCNCC2)CC1. The van der Waals surface area contributed by atoms with Crippen molar-refractivity contribution in [3.05, 3.63) is 64.2 Å². The smallest absolute Gasteiger partial charge is 0.310 e. The molecule has 0 atom stereocenters. The molecule has 0 spiro atoms. The third-order valence-corrected chi connectivity index (χ3v) is 7.03. The Bertz CT molecular complexity index is 1090. The van der Waals surface area contributed by atoms with Crippen LogP contribution >= 0.6 is 0 Å². The van der Waals surface area contributed by atoms with E-state index in [-0.39, 0.29) is 17.3 Å². The zero-order valence-electron chi connectivity index (χ0n) is 20.4. The molecule has 2 aromatic rings. The summed E-state index contributed by atoms with van der Waals surface area (Å²) in [5, 5.41) is 17.4. The molecule has 2 amide bonds. The Labute approximate surface area is 210 Å². The number of benzene rings is 2. The van der Waals surface area contributed by atoms with E-state index in [0.717, 1.165) is 24.2 Å². The van der Waals surface area contributed by atoms with Crippen LogP contribution in [0.2, 0.25) is 0 Å². The number of para-hydroxylation sites is 3. The number of carbonyl (C=O) groups is 2. The first-order chi connectivity index (χ1) is 17.4. The summed E-state index contributed by atoms with van der Waals surface area (Å²) in [5.74, 6) is 0.623. The molecule has 2 saturated heterocycles. The Kier molecular flexibility index (Phi) is 8.04. The van der Waals surface area contributed by atoms with Crippen LogP contribution in [-0.2, 0) is 9.59 Å². The summed E-state index contributed by atoms with van der Waals surface area (Å²) in [5.41, 5.74) is -0.0778. The number of nitrogens with one attached hydrogen (secondary N) is 2. The van der Waals surface area contributed by atoms with Gasteiger partial charge in [0, 0.05) is 19.2 Å². The predicted molar refractivity (Wildman–Crippen MR) is 133 cm³/mol. The molecule has 2 heterocycles. The van der Waals surface area contributed by atoms with Crippen LogP contribution in [0, 0.1) is 10.1 Å². The molecule has 0 saturated carbocycles. The van der Waals surface area contributed by atoms with Crippen LogP contribution in [-0.4, -0.2) is 67.1 Å². The number of methoxy groups -OCH3 is 1. The second-order valence-electron chi connectivity index (χ2n) is 9.20. The molecule has 0 unspecified atom stereocenters. The Hall–Kier alpha value is -3.66. The Morgan fingerprint density at radius 3 is 2.39 bits per heavy atom. The van der Waals surface area contributed by atoms with Gasteiger partial charge in [-0.25, -0.2) is 0 Å². The number of carbonyl (C=O) groups excluding carboxylic acids is 2. The molecular formula is C26H32N4O6. The molecule has 2 fully saturated rings. The van der Waals surface area contributed by atoms with Crippen LogP contribution in [0.3, 0.4) is 0 Å². The van der Waals surface area contributed by atoms with E-state index in [0.29, 0.717) is 44.9 Å². The summed E-state index contributed by atoms with van der Waals surface area (Å²) < 4.78 is 11.0. The highest BCUT2D eigenvalue weighted by atomic mass is 16.6. The van der Waals surface area contributed by atoms with Gasteiger partial charge >= 0.3 is 5.69 Å². The molecule has 0 aromatic heterocycles. The Morgan fingerprint density at radius 2 is 1.72 bits per heavy atom. The lowest BCUT2D eigenvalue weighted by Crippen LogP contribution is -2.64. The van der Waals surface area contributed by atoms with Crippen molar-refractivity contribution in [3.63, 3.8) is 0 Å². The molecule has 36 heavy (non-hydrogen) atoms. The minimum Gasteiger partial charge on any atom is -0.496 e. The van der Waals surface area contributed by atoms with Gasteiger partial charge < -0.3 is 25.0 Å². The predicted octanol–water partition coefficient (Wildman–Crippen LogP) is 2.63. The summed E-state index contributed by atoms with van der Waals surface area (Å²) in [6, 6.07) is 13.9. The fourth-order valence-corrected chi connectivity index (χ4v) is 5.12. The molecular weight excluding hydrogens is 464 g/mol. The van der Waals surface area contributed by atoms with Crippen LogP contribution in [0.4, 0.5) is 5.69 Å². The molecule has 0 bridgehead atoms. The number of hydrogen-bond acceptors (Lipinski definition) is 7. The van der Waals surface area contributed by atoms with Gasteiger partial charge in [-0.2, -0.15) is 0 Å². The van der Waals surface area contributed by atoms with E-state index in [9.17, 15) is 19.7 Å². The molecule has 10 nitrogen and oxygen atoms in total. The van der Waals surface area contributed by atoms with Gasteiger partial charge in [-0.3, -0.25) is 19.7 Å². The molecule has 192 valence electrons. The number of nitrogens with zero attached hydrogens (tertiary/aromatic N) is 2. The van der Waals surface area contributed by atoms with E-state index in [1.54, 1.807) is 13.2 Å². The zero-order chi connectivity index (χ0) is 25.5. The van der Waals surface area contributed by atoms with Crippen molar-refractivity contribution in [2.45, 2.75) is 37.1 Å². The van der Waals surface area contributed by atoms with E-state index >= 15 is 0 Å². The first kappa shape index (κ1) is 25.4. The second-order valence-corrected chi connectivity index (χ2v) is 9.20. The quantitative estimate of drug-likeness (QED) is 0.425. The third-order valence-electron chi connectivity index (χ3n) is 7.03.